The van der Waals surface area contributed by atoms with E-state index in [0.717, 1.165) is 5.69 Å². The Morgan fingerprint density at radius 1 is 1.13 bits per heavy atom. The van der Waals surface area contributed by atoms with Crippen molar-refractivity contribution in [2.75, 3.05) is 23.0 Å². The van der Waals surface area contributed by atoms with Crippen LogP contribution in [-0.2, 0) is 20.9 Å². The molecule has 0 fully saturated rings. The summed E-state index contributed by atoms with van der Waals surface area (Å²) in [7, 11) is 0. The Kier molecular flexibility index (Phi) is 6.75. The molecule has 1 aromatic carbocycles. The van der Waals surface area contributed by atoms with Crippen molar-refractivity contribution < 1.29 is 18.7 Å². The van der Waals surface area contributed by atoms with Gasteiger partial charge in [0.05, 0.1) is 30.9 Å². The number of rotatable bonds is 8. The number of benzene rings is 1. The molecule has 5 nitrogen and oxygen atoms in total. The van der Waals surface area contributed by atoms with E-state index in [2.05, 4.69) is 0 Å². The molecule has 122 valence electrons. The molecule has 0 aliphatic carbocycles. The van der Waals surface area contributed by atoms with Gasteiger partial charge in [-0.3, -0.25) is 9.59 Å². The quantitative estimate of drug-likeness (QED) is 0.695. The summed E-state index contributed by atoms with van der Waals surface area (Å²) in [5, 5.41) is 0. The number of hydrogen-bond donors (Lipinski definition) is 0. The summed E-state index contributed by atoms with van der Waals surface area (Å²) in [5.74, 6) is 0.694. The molecular formula is C17H19NO4S. The minimum atomic E-state index is -0.303. The Balaban J connectivity index is 1.99. The lowest BCUT2D eigenvalue weighted by Crippen LogP contribution is -2.32. The second-order valence-corrected chi connectivity index (χ2v) is 5.68. The number of nitrogens with zero attached hydrogens (tertiary/aromatic N) is 1. The van der Waals surface area contributed by atoms with Crippen LogP contribution in [0.2, 0.25) is 0 Å². The molecule has 23 heavy (non-hydrogen) atoms. The Morgan fingerprint density at radius 2 is 1.91 bits per heavy atom. The second kappa shape index (κ2) is 9.05. The van der Waals surface area contributed by atoms with Crippen LogP contribution in [0.25, 0.3) is 0 Å². The molecule has 2 rings (SSSR count). The van der Waals surface area contributed by atoms with E-state index in [-0.39, 0.29) is 23.4 Å². The van der Waals surface area contributed by atoms with E-state index in [0.29, 0.717) is 18.9 Å². The summed E-state index contributed by atoms with van der Waals surface area (Å²) in [5.41, 5.74) is 0.797. The van der Waals surface area contributed by atoms with Crippen LogP contribution in [0.15, 0.2) is 53.1 Å². The van der Waals surface area contributed by atoms with Crippen molar-refractivity contribution in [1.82, 2.24) is 0 Å². The number of esters is 1. The van der Waals surface area contributed by atoms with Gasteiger partial charge in [-0.1, -0.05) is 18.2 Å². The van der Waals surface area contributed by atoms with Gasteiger partial charge in [-0.05, 0) is 31.2 Å². The Labute approximate surface area is 139 Å². The van der Waals surface area contributed by atoms with Crippen molar-refractivity contribution in [2.24, 2.45) is 0 Å². The molecule has 1 aromatic heterocycles. The van der Waals surface area contributed by atoms with Crippen LogP contribution < -0.4 is 4.90 Å². The Bertz CT molecular complexity index is 613. The molecule has 0 saturated heterocycles. The molecule has 2 aromatic rings. The maximum Gasteiger partial charge on any atom is 0.315 e. The number of hydrogen-bond acceptors (Lipinski definition) is 5. The normalized spacial score (nSPS) is 10.3. The zero-order valence-corrected chi connectivity index (χ0v) is 13.8. The lowest BCUT2D eigenvalue weighted by molar-refractivity contribution is -0.139. The van der Waals surface area contributed by atoms with Crippen LogP contribution in [0, 0.1) is 0 Å². The number of thioether (sulfide) groups is 1. The highest BCUT2D eigenvalue weighted by Crippen LogP contribution is 2.19. The SMILES string of the molecule is CCOC(=O)CSCC(=O)N(Cc1ccco1)c1ccccc1. The van der Waals surface area contributed by atoms with Crippen molar-refractivity contribution in [3.05, 3.63) is 54.5 Å². The number of carbonyl (C=O) groups excluding carboxylic acids is 2. The number of anilines is 1. The molecule has 6 heteroatoms. The van der Waals surface area contributed by atoms with E-state index in [1.807, 2.05) is 36.4 Å². The first-order valence-corrected chi connectivity index (χ1v) is 8.47. The van der Waals surface area contributed by atoms with Gasteiger partial charge in [-0.2, -0.15) is 0 Å². The molecule has 1 amide bonds. The van der Waals surface area contributed by atoms with Gasteiger partial charge >= 0.3 is 5.97 Å². The summed E-state index contributed by atoms with van der Waals surface area (Å²) in [6.45, 7) is 2.46. The van der Waals surface area contributed by atoms with Gasteiger partial charge in [0.25, 0.3) is 0 Å². The first-order valence-electron chi connectivity index (χ1n) is 7.32. The van der Waals surface area contributed by atoms with E-state index >= 15 is 0 Å². The minimum Gasteiger partial charge on any atom is -0.467 e. The Morgan fingerprint density at radius 3 is 2.57 bits per heavy atom. The molecule has 0 saturated carbocycles. The first kappa shape index (κ1) is 17.1. The molecule has 0 aliphatic rings. The molecular weight excluding hydrogens is 314 g/mol. The lowest BCUT2D eigenvalue weighted by atomic mass is 10.2. The fourth-order valence-electron chi connectivity index (χ4n) is 1.99. The van der Waals surface area contributed by atoms with Crippen molar-refractivity contribution >= 4 is 29.3 Å². The predicted molar refractivity (Wildman–Crippen MR) is 90.3 cm³/mol. The van der Waals surface area contributed by atoms with Crippen molar-refractivity contribution in [3.8, 4) is 0 Å². The van der Waals surface area contributed by atoms with Gasteiger partial charge in [0.2, 0.25) is 5.91 Å². The number of ether oxygens (including phenoxy) is 1. The average molecular weight is 333 g/mol. The highest BCUT2D eigenvalue weighted by atomic mass is 32.2. The third-order valence-corrected chi connectivity index (χ3v) is 3.90. The minimum absolute atomic E-state index is 0.0816. The second-order valence-electron chi connectivity index (χ2n) is 4.69. The van der Waals surface area contributed by atoms with Gasteiger partial charge in [0.15, 0.2) is 0 Å². The smallest absolute Gasteiger partial charge is 0.315 e. The summed E-state index contributed by atoms with van der Waals surface area (Å²) < 4.78 is 10.2. The maximum atomic E-state index is 12.5. The van der Waals surface area contributed by atoms with Crippen LogP contribution in [0.1, 0.15) is 12.7 Å². The topological polar surface area (TPSA) is 59.8 Å². The average Bonchev–Trinajstić information content (AvgIpc) is 3.07. The van der Waals surface area contributed by atoms with Gasteiger partial charge in [-0.15, -0.1) is 11.8 Å². The standard InChI is InChI=1S/C17H19NO4S/c1-2-21-17(20)13-23-12-16(19)18(11-15-9-6-10-22-15)14-7-4-3-5-8-14/h3-10H,2,11-13H2,1H3. The van der Waals surface area contributed by atoms with Crippen molar-refractivity contribution in [3.63, 3.8) is 0 Å². The van der Waals surface area contributed by atoms with E-state index in [9.17, 15) is 9.59 Å². The van der Waals surface area contributed by atoms with Gasteiger partial charge in [-0.25, -0.2) is 0 Å². The van der Waals surface area contributed by atoms with Gasteiger partial charge in [0, 0.05) is 5.69 Å². The van der Waals surface area contributed by atoms with E-state index in [1.54, 1.807) is 24.2 Å². The van der Waals surface area contributed by atoms with Gasteiger partial charge < -0.3 is 14.1 Å². The summed E-state index contributed by atoms with van der Waals surface area (Å²) in [6.07, 6.45) is 1.58. The van der Waals surface area contributed by atoms with Crippen LogP contribution in [0.4, 0.5) is 5.69 Å². The maximum absolute atomic E-state index is 12.5. The number of furan rings is 1. The Hall–Kier alpha value is -2.21. The van der Waals surface area contributed by atoms with Crippen LogP contribution in [0.3, 0.4) is 0 Å². The van der Waals surface area contributed by atoms with E-state index < -0.39 is 0 Å². The molecule has 0 unspecified atom stereocenters. The zero-order valence-electron chi connectivity index (χ0n) is 12.9. The highest BCUT2D eigenvalue weighted by molar-refractivity contribution is 8.00. The summed E-state index contributed by atoms with van der Waals surface area (Å²) >= 11 is 1.25. The number of carbonyl (C=O) groups is 2. The summed E-state index contributed by atoms with van der Waals surface area (Å²) in [4.78, 5) is 25.5. The van der Waals surface area contributed by atoms with Crippen LogP contribution >= 0.6 is 11.8 Å². The molecule has 0 atom stereocenters. The van der Waals surface area contributed by atoms with Gasteiger partial charge in [0.1, 0.15) is 5.76 Å². The van der Waals surface area contributed by atoms with Crippen LogP contribution in [-0.4, -0.2) is 30.0 Å². The molecule has 0 N–H and O–H groups in total. The monoisotopic (exact) mass is 333 g/mol. The lowest BCUT2D eigenvalue weighted by Gasteiger charge is -2.21. The van der Waals surface area contributed by atoms with Crippen molar-refractivity contribution in [2.45, 2.75) is 13.5 Å². The van der Waals surface area contributed by atoms with E-state index in [1.165, 1.54) is 11.8 Å². The fourth-order valence-corrected chi connectivity index (χ4v) is 2.67. The molecule has 0 bridgehead atoms. The molecule has 0 spiro atoms. The molecule has 0 aliphatic heterocycles. The third kappa shape index (κ3) is 5.49. The van der Waals surface area contributed by atoms with Crippen molar-refractivity contribution in [1.29, 1.82) is 0 Å². The number of para-hydroxylation sites is 1. The number of amides is 1. The zero-order chi connectivity index (χ0) is 16.5. The predicted octanol–water partition coefficient (Wildman–Crippen LogP) is 3.11. The largest absolute Gasteiger partial charge is 0.467 e. The van der Waals surface area contributed by atoms with Crippen LogP contribution in [0.5, 0.6) is 0 Å². The van der Waals surface area contributed by atoms with E-state index in [4.69, 9.17) is 9.15 Å². The highest BCUT2D eigenvalue weighted by Gasteiger charge is 2.18. The first-order chi connectivity index (χ1) is 11.2. The fraction of sp³-hybridized carbons (Fsp3) is 0.294. The molecule has 1 heterocycles. The molecule has 0 radical (unpaired) electrons. The third-order valence-electron chi connectivity index (χ3n) is 3.01. The summed E-state index contributed by atoms with van der Waals surface area (Å²) in [6, 6.07) is 13.0.